The lowest BCUT2D eigenvalue weighted by molar-refractivity contribution is 0.289. The maximum absolute atomic E-state index is 12.3. The van der Waals surface area contributed by atoms with Gasteiger partial charge in [0.1, 0.15) is 0 Å². The van der Waals surface area contributed by atoms with E-state index in [1.54, 1.807) is 6.07 Å². The molecule has 0 bridgehead atoms. The van der Waals surface area contributed by atoms with Gasteiger partial charge in [-0.2, -0.15) is 18.0 Å². The lowest BCUT2D eigenvalue weighted by atomic mass is 10.0. The molecule has 1 aliphatic heterocycles. The molecule has 20 heavy (non-hydrogen) atoms. The van der Waals surface area contributed by atoms with Crippen LogP contribution in [0, 0.1) is 17.2 Å². The minimum atomic E-state index is -3.62. The average molecular weight is 314 g/mol. The fraction of sp³-hybridized carbons (Fsp3) is 0.462. The Bertz CT molecular complexity index is 632. The van der Waals surface area contributed by atoms with Crippen molar-refractivity contribution in [3.8, 4) is 6.07 Å². The van der Waals surface area contributed by atoms with Gasteiger partial charge in [-0.3, -0.25) is 4.72 Å². The van der Waals surface area contributed by atoms with Crippen LogP contribution >= 0.6 is 11.6 Å². The third-order valence-corrected chi connectivity index (χ3v) is 5.27. The van der Waals surface area contributed by atoms with Crippen LogP contribution in [0.3, 0.4) is 0 Å². The van der Waals surface area contributed by atoms with E-state index in [9.17, 15) is 8.42 Å². The molecule has 0 aromatic heterocycles. The Morgan fingerprint density at radius 1 is 1.40 bits per heavy atom. The van der Waals surface area contributed by atoms with E-state index >= 15 is 0 Å². The predicted molar refractivity (Wildman–Crippen MR) is 78.7 cm³/mol. The van der Waals surface area contributed by atoms with E-state index in [1.165, 1.54) is 16.4 Å². The van der Waals surface area contributed by atoms with Gasteiger partial charge in [-0.1, -0.05) is 18.5 Å². The molecular weight excluding hydrogens is 298 g/mol. The lowest BCUT2D eigenvalue weighted by Gasteiger charge is -2.29. The normalized spacial score (nSPS) is 17.6. The summed E-state index contributed by atoms with van der Waals surface area (Å²) in [4.78, 5) is 0. The lowest BCUT2D eigenvalue weighted by Crippen LogP contribution is -2.41. The third kappa shape index (κ3) is 3.42. The first-order chi connectivity index (χ1) is 9.42. The fourth-order valence-electron chi connectivity index (χ4n) is 2.10. The molecule has 0 unspecified atom stereocenters. The van der Waals surface area contributed by atoms with Crippen LogP contribution in [0.25, 0.3) is 0 Å². The zero-order valence-corrected chi connectivity index (χ0v) is 12.7. The van der Waals surface area contributed by atoms with Gasteiger partial charge >= 0.3 is 10.2 Å². The maximum atomic E-state index is 12.3. The Balaban J connectivity index is 2.18. The van der Waals surface area contributed by atoms with Crippen molar-refractivity contribution in [3.63, 3.8) is 0 Å². The summed E-state index contributed by atoms with van der Waals surface area (Å²) in [5.74, 6) is 0.548. The van der Waals surface area contributed by atoms with Crippen molar-refractivity contribution >= 4 is 27.5 Å². The number of rotatable bonds is 3. The molecule has 1 aromatic rings. The summed E-state index contributed by atoms with van der Waals surface area (Å²) >= 11 is 5.97. The Hall–Kier alpha value is -1.29. The molecule has 108 valence electrons. The number of nitrogens with zero attached hydrogens (tertiary/aromatic N) is 2. The van der Waals surface area contributed by atoms with E-state index < -0.39 is 10.2 Å². The Morgan fingerprint density at radius 2 is 2.05 bits per heavy atom. The highest BCUT2D eigenvalue weighted by Crippen LogP contribution is 2.26. The zero-order valence-electron chi connectivity index (χ0n) is 11.1. The fourth-order valence-corrected chi connectivity index (χ4v) is 3.59. The Labute approximate surface area is 124 Å². The predicted octanol–water partition coefficient (Wildman–Crippen LogP) is 2.60. The molecule has 0 amide bonds. The monoisotopic (exact) mass is 313 g/mol. The summed E-state index contributed by atoms with van der Waals surface area (Å²) in [6, 6.07) is 6.45. The second kappa shape index (κ2) is 6.00. The second-order valence-electron chi connectivity index (χ2n) is 5.00. The van der Waals surface area contributed by atoms with E-state index in [0.717, 1.165) is 12.8 Å². The Morgan fingerprint density at radius 3 is 2.65 bits per heavy atom. The molecule has 1 N–H and O–H groups in total. The average Bonchev–Trinajstić information content (AvgIpc) is 2.41. The van der Waals surface area contributed by atoms with Crippen molar-refractivity contribution in [3.05, 3.63) is 28.8 Å². The molecule has 1 fully saturated rings. The first-order valence-electron chi connectivity index (χ1n) is 6.40. The van der Waals surface area contributed by atoms with E-state index in [2.05, 4.69) is 11.6 Å². The van der Waals surface area contributed by atoms with Crippen molar-refractivity contribution in [2.45, 2.75) is 19.8 Å². The number of halogens is 1. The van der Waals surface area contributed by atoms with Crippen LogP contribution in [-0.2, 0) is 10.2 Å². The maximum Gasteiger partial charge on any atom is 0.301 e. The smallest absolute Gasteiger partial charge is 0.269 e. The van der Waals surface area contributed by atoms with Gasteiger partial charge in [0.15, 0.2) is 0 Å². The van der Waals surface area contributed by atoms with E-state index in [0.29, 0.717) is 24.6 Å². The van der Waals surface area contributed by atoms with E-state index in [-0.39, 0.29) is 10.7 Å². The van der Waals surface area contributed by atoms with Gasteiger partial charge in [-0.25, -0.2) is 0 Å². The third-order valence-electron chi connectivity index (χ3n) is 3.42. The first-order valence-corrected chi connectivity index (χ1v) is 8.21. The van der Waals surface area contributed by atoms with Gasteiger partial charge in [-0.15, -0.1) is 0 Å². The molecule has 1 aliphatic rings. The van der Waals surface area contributed by atoms with Gasteiger partial charge < -0.3 is 0 Å². The first kappa shape index (κ1) is 15.1. The molecular formula is C13H16ClN3O2S. The number of hydrogen-bond donors (Lipinski definition) is 1. The highest BCUT2D eigenvalue weighted by molar-refractivity contribution is 7.90. The molecule has 5 nitrogen and oxygen atoms in total. The van der Waals surface area contributed by atoms with Crippen LogP contribution in [-0.4, -0.2) is 25.8 Å². The van der Waals surface area contributed by atoms with Crippen molar-refractivity contribution < 1.29 is 8.42 Å². The minimum absolute atomic E-state index is 0.240. The summed E-state index contributed by atoms with van der Waals surface area (Å²) in [7, 11) is -3.62. The van der Waals surface area contributed by atoms with Gasteiger partial charge in [0.05, 0.1) is 22.3 Å². The highest BCUT2D eigenvalue weighted by atomic mass is 35.5. The van der Waals surface area contributed by atoms with Crippen LogP contribution in [0.1, 0.15) is 25.3 Å². The van der Waals surface area contributed by atoms with Crippen LogP contribution in [0.5, 0.6) is 0 Å². The van der Waals surface area contributed by atoms with E-state index in [4.69, 9.17) is 16.9 Å². The van der Waals surface area contributed by atoms with Crippen LogP contribution < -0.4 is 4.72 Å². The van der Waals surface area contributed by atoms with Crippen molar-refractivity contribution in [2.24, 2.45) is 5.92 Å². The summed E-state index contributed by atoms with van der Waals surface area (Å²) in [6.45, 7) is 3.13. The molecule has 2 rings (SSSR count). The molecule has 1 saturated heterocycles. The number of nitrogens with one attached hydrogen (secondary N) is 1. The Kier molecular flexibility index (Phi) is 4.53. The van der Waals surface area contributed by atoms with Gasteiger partial charge in [0.2, 0.25) is 0 Å². The molecule has 0 radical (unpaired) electrons. The number of piperidine rings is 1. The molecule has 0 spiro atoms. The quantitative estimate of drug-likeness (QED) is 0.932. The topological polar surface area (TPSA) is 73.2 Å². The molecule has 1 heterocycles. The summed E-state index contributed by atoms with van der Waals surface area (Å²) in [6.07, 6.45) is 1.71. The molecule has 0 atom stereocenters. The van der Waals surface area contributed by atoms with Crippen LogP contribution in [0.15, 0.2) is 18.2 Å². The van der Waals surface area contributed by atoms with Crippen molar-refractivity contribution in [1.82, 2.24) is 4.31 Å². The largest absolute Gasteiger partial charge is 0.301 e. The van der Waals surface area contributed by atoms with Crippen molar-refractivity contribution in [2.75, 3.05) is 17.8 Å². The van der Waals surface area contributed by atoms with Gasteiger partial charge in [0.25, 0.3) is 0 Å². The van der Waals surface area contributed by atoms with Crippen LogP contribution in [0.4, 0.5) is 5.69 Å². The van der Waals surface area contributed by atoms with Crippen molar-refractivity contribution in [1.29, 1.82) is 5.26 Å². The summed E-state index contributed by atoms with van der Waals surface area (Å²) < 4.78 is 28.5. The standard InChI is InChI=1S/C13H16ClN3O2S/c1-10-4-6-17(7-5-10)20(18,19)16-13-8-11(9-15)2-3-12(13)14/h2-3,8,10,16H,4-7H2,1H3. The number of benzene rings is 1. The summed E-state index contributed by atoms with van der Waals surface area (Å²) in [5, 5.41) is 9.12. The molecule has 7 heteroatoms. The second-order valence-corrected chi connectivity index (χ2v) is 7.07. The zero-order chi connectivity index (χ0) is 14.8. The van der Waals surface area contributed by atoms with Crippen LogP contribution in [0.2, 0.25) is 5.02 Å². The minimum Gasteiger partial charge on any atom is -0.269 e. The van der Waals surface area contributed by atoms with Gasteiger partial charge in [0, 0.05) is 13.1 Å². The number of nitriles is 1. The van der Waals surface area contributed by atoms with E-state index in [1.807, 2.05) is 6.07 Å². The SMILES string of the molecule is CC1CCN(S(=O)(=O)Nc2cc(C#N)ccc2Cl)CC1. The number of hydrogen-bond acceptors (Lipinski definition) is 3. The molecule has 1 aromatic carbocycles. The summed E-state index contributed by atoms with van der Waals surface area (Å²) in [5.41, 5.74) is 0.601. The van der Waals surface area contributed by atoms with Gasteiger partial charge in [-0.05, 0) is 37.0 Å². The highest BCUT2D eigenvalue weighted by Gasteiger charge is 2.26. The molecule has 0 aliphatic carbocycles. The number of anilines is 1. The molecule has 0 saturated carbocycles.